The van der Waals surface area contributed by atoms with E-state index in [9.17, 15) is 4.79 Å². The Kier molecular flexibility index (Phi) is 5.05. The van der Waals surface area contributed by atoms with E-state index in [4.69, 9.17) is 4.52 Å². The van der Waals surface area contributed by atoms with Gasteiger partial charge < -0.3 is 9.42 Å². The zero-order valence-corrected chi connectivity index (χ0v) is 18.3. The first-order valence-corrected chi connectivity index (χ1v) is 10.7. The van der Waals surface area contributed by atoms with Crippen LogP contribution in [0.15, 0.2) is 53.3 Å². The fourth-order valence-corrected chi connectivity index (χ4v) is 4.13. The summed E-state index contributed by atoms with van der Waals surface area (Å²) in [7, 11) is 0. The second-order valence-electron chi connectivity index (χ2n) is 8.25. The molecule has 32 heavy (non-hydrogen) atoms. The van der Waals surface area contributed by atoms with Crippen molar-refractivity contribution in [2.75, 3.05) is 6.54 Å². The zero-order chi connectivity index (χ0) is 22.2. The summed E-state index contributed by atoms with van der Waals surface area (Å²) in [5.74, 6) is 0.921. The molecule has 0 spiro atoms. The second-order valence-corrected chi connectivity index (χ2v) is 8.25. The molecule has 1 unspecified atom stereocenters. The maximum Gasteiger partial charge on any atom is 0.256 e. The van der Waals surface area contributed by atoms with Gasteiger partial charge in [-0.05, 0) is 62.9 Å². The average Bonchev–Trinajstić information content (AvgIpc) is 3.55. The number of nitrogens with zero attached hydrogens (tertiary/aromatic N) is 6. The molecular formula is C24H24N6O2. The highest BCUT2D eigenvalue weighted by molar-refractivity contribution is 5.98. The molecule has 5 rings (SSSR count). The summed E-state index contributed by atoms with van der Waals surface area (Å²) in [4.78, 5) is 21.6. The summed E-state index contributed by atoms with van der Waals surface area (Å²) in [5, 5.41) is 12.6. The molecule has 162 valence electrons. The van der Waals surface area contributed by atoms with Gasteiger partial charge in [-0.3, -0.25) is 4.79 Å². The second kappa shape index (κ2) is 8.03. The third-order valence-corrected chi connectivity index (χ3v) is 6.02. The zero-order valence-electron chi connectivity index (χ0n) is 18.3. The van der Waals surface area contributed by atoms with Crippen LogP contribution in [0.5, 0.6) is 0 Å². The first-order chi connectivity index (χ1) is 15.5. The quantitative estimate of drug-likeness (QED) is 0.483. The van der Waals surface area contributed by atoms with E-state index in [0.717, 1.165) is 24.0 Å². The molecule has 2 aromatic carbocycles. The van der Waals surface area contributed by atoms with Crippen molar-refractivity contribution < 1.29 is 9.32 Å². The van der Waals surface area contributed by atoms with E-state index in [1.807, 2.05) is 36.1 Å². The monoisotopic (exact) mass is 428 g/mol. The van der Waals surface area contributed by atoms with Crippen molar-refractivity contribution in [3.63, 3.8) is 0 Å². The van der Waals surface area contributed by atoms with Crippen LogP contribution in [0.4, 0.5) is 0 Å². The standard InChI is InChI=1S/C24H24N6O2/c1-15-6-9-20(30-25-10-11-26-30)19(13-15)24(31)29-12-4-5-21(29)23-27-22(28-32-23)18-8-7-16(2)17(3)14-18/h6-11,13-14,21H,4-5,12H2,1-3H3. The lowest BCUT2D eigenvalue weighted by molar-refractivity contribution is 0.0709. The number of amides is 1. The maximum absolute atomic E-state index is 13.6. The van der Waals surface area contributed by atoms with Crippen LogP contribution in [0.1, 0.15) is 51.8 Å². The largest absolute Gasteiger partial charge is 0.337 e. The molecule has 2 aromatic heterocycles. The molecule has 8 nitrogen and oxygen atoms in total. The van der Waals surface area contributed by atoms with Crippen molar-refractivity contribution >= 4 is 5.91 Å². The summed E-state index contributed by atoms with van der Waals surface area (Å²) in [6.45, 7) is 6.73. The van der Waals surface area contributed by atoms with Crippen LogP contribution in [0.2, 0.25) is 0 Å². The maximum atomic E-state index is 13.6. The summed E-state index contributed by atoms with van der Waals surface area (Å²) < 4.78 is 5.63. The molecule has 0 aliphatic carbocycles. The molecule has 0 radical (unpaired) electrons. The molecule has 1 atom stereocenters. The van der Waals surface area contributed by atoms with Gasteiger partial charge in [-0.1, -0.05) is 28.9 Å². The van der Waals surface area contributed by atoms with Crippen molar-refractivity contribution in [2.24, 2.45) is 0 Å². The SMILES string of the molecule is Cc1ccc(-n2nccn2)c(C(=O)N2CCCC2c2nc(-c3ccc(C)c(C)c3)no2)c1. The molecular weight excluding hydrogens is 404 g/mol. The van der Waals surface area contributed by atoms with Gasteiger partial charge in [-0.15, -0.1) is 0 Å². The van der Waals surface area contributed by atoms with Crippen LogP contribution in [-0.4, -0.2) is 42.5 Å². The van der Waals surface area contributed by atoms with Gasteiger partial charge in [-0.25, -0.2) is 0 Å². The first kappa shape index (κ1) is 20.1. The molecule has 1 fully saturated rings. The number of benzene rings is 2. The summed E-state index contributed by atoms with van der Waals surface area (Å²) in [6.07, 6.45) is 4.85. The number of carbonyl (C=O) groups is 1. The lowest BCUT2D eigenvalue weighted by Gasteiger charge is -2.23. The highest BCUT2D eigenvalue weighted by Gasteiger charge is 2.35. The van der Waals surface area contributed by atoms with Crippen molar-refractivity contribution in [1.82, 2.24) is 30.0 Å². The lowest BCUT2D eigenvalue weighted by Crippen LogP contribution is -2.31. The Bertz CT molecular complexity index is 1280. The van der Waals surface area contributed by atoms with Gasteiger partial charge in [0.15, 0.2) is 0 Å². The first-order valence-electron chi connectivity index (χ1n) is 10.7. The smallest absolute Gasteiger partial charge is 0.256 e. The predicted octanol–water partition coefficient (Wildman–Crippen LogP) is 4.22. The lowest BCUT2D eigenvalue weighted by atomic mass is 10.1. The highest BCUT2D eigenvalue weighted by Crippen LogP contribution is 2.34. The topological polar surface area (TPSA) is 89.9 Å². The Morgan fingerprint density at radius 2 is 1.84 bits per heavy atom. The van der Waals surface area contributed by atoms with Gasteiger partial charge in [0.1, 0.15) is 6.04 Å². The highest BCUT2D eigenvalue weighted by atomic mass is 16.5. The van der Waals surface area contributed by atoms with Gasteiger partial charge >= 0.3 is 0 Å². The molecule has 1 aliphatic heterocycles. The third kappa shape index (κ3) is 3.57. The average molecular weight is 428 g/mol. The van der Waals surface area contributed by atoms with E-state index in [-0.39, 0.29) is 11.9 Å². The number of carbonyl (C=O) groups excluding carboxylic acids is 1. The number of rotatable bonds is 4. The van der Waals surface area contributed by atoms with E-state index in [0.29, 0.717) is 29.5 Å². The Hall–Kier alpha value is -3.81. The van der Waals surface area contributed by atoms with Crippen LogP contribution in [0.25, 0.3) is 17.1 Å². The van der Waals surface area contributed by atoms with Gasteiger partial charge in [-0.2, -0.15) is 20.0 Å². The molecule has 1 aliphatic rings. The minimum absolute atomic E-state index is 0.0885. The van der Waals surface area contributed by atoms with Gasteiger partial charge in [0, 0.05) is 12.1 Å². The van der Waals surface area contributed by atoms with E-state index < -0.39 is 0 Å². The molecule has 8 heteroatoms. The molecule has 0 bridgehead atoms. The molecule has 1 saturated heterocycles. The molecule has 4 aromatic rings. The van der Waals surface area contributed by atoms with Crippen molar-refractivity contribution in [2.45, 2.75) is 39.7 Å². The van der Waals surface area contributed by atoms with Crippen LogP contribution in [0.3, 0.4) is 0 Å². The number of aromatic nitrogens is 5. The van der Waals surface area contributed by atoms with E-state index in [2.05, 4.69) is 46.3 Å². The minimum Gasteiger partial charge on any atom is -0.337 e. The van der Waals surface area contributed by atoms with Gasteiger partial charge in [0.05, 0.1) is 23.6 Å². The van der Waals surface area contributed by atoms with Crippen LogP contribution >= 0.6 is 0 Å². The summed E-state index contributed by atoms with van der Waals surface area (Å²) in [5.41, 5.74) is 5.50. The van der Waals surface area contributed by atoms with Crippen molar-refractivity contribution in [1.29, 1.82) is 0 Å². The van der Waals surface area contributed by atoms with Crippen molar-refractivity contribution in [3.05, 3.63) is 76.9 Å². The number of likely N-dealkylation sites (tertiary alicyclic amines) is 1. The Balaban J connectivity index is 1.46. The normalized spacial score (nSPS) is 16.0. The summed E-state index contributed by atoms with van der Waals surface area (Å²) >= 11 is 0. The van der Waals surface area contributed by atoms with E-state index >= 15 is 0 Å². The van der Waals surface area contributed by atoms with Crippen molar-refractivity contribution in [3.8, 4) is 17.1 Å². The molecule has 1 amide bonds. The third-order valence-electron chi connectivity index (χ3n) is 6.02. The Morgan fingerprint density at radius 1 is 1.03 bits per heavy atom. The predicted molar refractivity (Wildman–Crippen MR) is 118 cm³/mol. The number of hydrogen-bond donors (Lipinski definition) is 0. The van der Waals surface area contributed by atoms with Gasteiger partial charge in [0.2, 0.25) is 11.7 Å². The number of aryl methyl sites for hydroxylation is 3. The fraction of sp³-hybridized carbons (Fsp3) is 0.292. The van der Waals surface area contributed by atoms with Crippen LogP contribution < -0.4 is 0 Å². The van der Waals surface area contributed by atoms with Gasteiger partial charge in [0.25, 0.3) is 5.91 Å². The van der Waals surface area contributed by atoms with Crippen LogP contribution in [-0.2, 0) is 0 Å². The van der Waals surface area contributed by atoms with E-state index in [1.165, 1.54) is 15.9 Å². The minimum atomic E-state index is -0.255. The Labute approximate surface area is 185 Å². The number of hydrogen-bond acceptors (Lipinski definition) is 6. The molecule has 3 heterocycles. The fourth-order valence-electron chi connectivity index (χ4n) is 4.13. The molecule has 0 saturated carbocycles. The van der Waals surface area contributed by atoms with Crippen LogP contribution in [0, 0.1) is 20.8 Å². The summed E-state index contributed by atoms with van der Waals surface area (Å²) in [6, 6.07) is 11.5. The molecule has 0 N–H and O–H groups in total. The van der Waals surface area contributed by atoms with E-state index in [1.54, 1.807) is 12.4 Å². The Morgan fingerprint density at radius 3 is 2.62 bits per heavy atom.